The number of aromatic carboxylic acids is 1. The molecule has 1 N–H and O–H groups in total. The summed E-state index contributed by atoms with van der Waals surface area (Å²) < 4.78 is 0.807. The van der Waals surface area contributed by atoms with Crippen LogP contribution in [-0.2, 0) is 0 Å². The van der Waals surface area contributed by atoms with E-state index in [2.05, 4.69) is 25.9 Å². The Labute approximate surface area is 117 Å². The highest BCUT2D eigenvalue weighted by molar-refractivity contribution is 9.10. The molecule has 0 saturated carbocycles. The molecule has 1 aromatic carbocycles. The molecule has 0 unspecified atom stereocenters. The largest absolute Gasteiger partial charge is 0.476 e. The van der Waals surface area contributed by atoms with Gasteiger partial charge in [-0.05, 0) is 24.6 Å². The molecule has 0 saturated heterocycles. The average Bonchev–Trinajstić information content (AvgIpc) is 2.30. The van der Waals surface area contributed by atoms with Crippen molar-refractivity contribution in [1.82, 2.24) is 9.97 Å². The van der Waals surface area contributed by atoms with Crippen molar-refractivity contribution in [2.45, 2.75) is 6.92 Å². The van der Waals surface area contributed by atoms with Gasteiger partial charge in [-0.1, -0.05) is 33.6 Å². The molecule has 18 heavy (non-hydrogen) atoms. The summed E-state index contributed by atoms with van der Waals surface area (Å²) in [5.41, 5.74) is 1.60. The zero-order valence-corrected chi connectivity index (χ0v) is 11.7. The molecule has 92 valence electrons. The maximum absolute atomic E-state index is 11.0. The SMILES string of the molecule is Cc1ccc(-c2ncc(Cl)c(C(=O)O)n2)c(Br)c1. The van der Waals surface area contributed by atoms with E-state index in [-0.39, 0.29) is 10.7 Å². The molecule has 4 nitrogen and oxygen atoms in total. The van der Waals surface area contributed by atoms with Crippen LogP contribution >= 0.6 is 27.5 Å². The van der Waals surface area contributed by atoms with Gasteiger partial charge in [0, 0.05) is 10.0 Å². The number of halogens is 2. The lowest BCUT2D eigenvalue weighted by molar-refractivity contribution is 0.0690. The van der Waals surface area contributed by atoms with E-state index in [0.717, 1.165) is 15.6 Å². The first-order chi connectivity index (χ1) is 8.49. The summed E-state index contributed by atoms with van der Waals surface area (Å²) in [5, 5.41) is 8.99. The van der Waals surface area contributed by atoms with E-state index in [1.807, 2.05) is 25.1 Å². The molecule has 0 aliphatic heterocycles. The standard InChI is InChI=1S/C12H8BrClN2O2/c1-6-2-3-7(8(13)4-6)11-15-5-9(14)10(16-11)12(17)18/h2-5H,1H3,(H,17,18). The van der Waals surface area contributed by atoms with Gasteiger partial charge in [-0.15, -0.1) is 0 Å². The monoisotopic (exact) mass is 326 g/mol. The molecule has 2 aromatic rings. The van der Waals surface area contributed by atoms with Gasteiger partial charge in [-0.2, -0.15) is 0 Å². The lowest BCUT2D eigenvalue weighted by Gasteiger charge is -2.05. The Morgan fingerprint density at radius 1 is 1.44 bits per heavy atom. The third-order valence-corrected chi connectivity index (χ3v) is 3.24. The quantitative estimate of drug-likeness (QED) is 0.916. The number of carboxylic acid groups (broad SMARTS) is 1. The van der Waals surface area contributed by atoms with Gasteiger partial charge in [0.25, 0.3) is 0 Å². The fourth-order valence-corrected chi connectivity index (χ4v) is 2.29. The maximum atomic E-state index is 11.0. The first-order valence-corrected chi connectivity index (χ1v) is 6.18. The summed E-state index contributed by atoms with van der Waals surface area (Å²) in [6.07, 6.45) is 1.29. The van der Waals surface area contributed by atoms with Crippen LogP contribution in [-0.4, -0.2) is 21.0 Å². The number of nitrogens with zero attached hydrogens (tertiary/aromatic N) is 2. The maximum Gasteiger partial charge on any atom is 0.356 e. The second kappa shape index (κ2) is 5.04. The van der Waals surface area contributed by atoms with E-state index in [0.29, 0.717) is 5.82 Å². The molecule has 0 fully saturated rings. The molecule has 2 rings (SSSR count). The van der Waals surface area contributed by atoms with Crippen molar-refractivity contribution in [2.24, 2.45) is 0 Å². The average molecular weight is 328 g/mol. The Kier molecular flexibility index (Phi) is 3.63. The van der Waals surface area contributed by atoms with Gasteiger partial charge in [0.1, 0.15) is 0 Å². The predicted octanol–water partition coefficient (Wildman–Crippen LogP) is 3.57. The summed E-state index contributed by atoms with van der Waals surface area (Å²) in [7, 11) is 0. The van der Waals surface area contributed by atoms with Crippen LogP contribution in [0.3, 0.4) is 0 Å². The fraction of sp³-hybridized carbons (Fsp3) is 0.0833. The van der Waals surface area contributed by atoms with E-state index in [4.69, 9.17) is 16.7 Å². The Morgan fingerprint density at radius 3 is 2.78 bits per heavy atom. The normalized spacial score (nSPS) is 10.4. The summed E-state index contributed by atoms with van der Waals surface area (Å²) >= 11 is 9.13. The van der Waals surface area contributed by atoms with Gasteiger partial charge < -0.3 is 5.11 Å². The van der Waals surface area contributed by atoms with Crippen molar-refractivity contribution in [2.75, 3.05) is 0 Å². The number of hydrogen-bond donors (Lipinski definition) is 1. The second-order valence-electron chi connectivity index (χ2n) is 3.68. The van der Waals surface area contributed by atoms with Gasteiger partial charge in [0.15, 0.2) is 11.5 Å². The van der Waals surface area contributed by atoms with E-state index in [1.54, 1.807) is 0 Å². The number of rotatable bonds is 2. The second-order valence-corrected chi connectivity index (χ2v) is 4.94. The predicted molar refractivity (Wildman–Crippen MR) is 71.9 cm³/mol. The van der Waals surface area contributed by atoms with Gasteiger partial charge in [0.2, 0.25) is 0 Å². The number of hydrogen-bond acceptors (Lipinski definition) is 3. The van der Waals surface area contributed by atoms with Crippen LogP contribution in [0.1, 0.15) is 16.1 Å². The van der Waals surface area contributed by atoms with E-state index >= 15 is 0 Å². The summed E-state index contributed by atoms with van der Waals surface area (Å²) in [6.45, 7) is 1.96. The summed E-state index contributed by atoms with van der Waals surface area (Å²) in [6, 6.07) is 5.64. The molecule has 0 amide bonds. The minimum absolute atomic E-state index is 0.0227. The first-order valence-electron chi connectivity index (χ1n) is 5.01. The Bertz CT molecular complexity index is 631. The lowest BCUT2D eigenvalue weighted by atomic mass is 10.1. The fourth-order valence-electron chi connectivity index (χ4n) is 1.45. The first kappa shape index (κ1) is 13.0. The molecular weight excluding hydrogens is 320 g/mol. The van der Waals surface area contributed by atoms with Crippen molar-refractivity contribution in [3.63, 3.8) is 0 Å². The van der Waals surface area contributed by atoms with E-state index in [9.17, 15) is 4.79 Å². The number of aromatic nitrogens is 2. The van der Waals surface area contributed by atoms with Crippen LogP contribution in [0, 0.1) is 6.92 Å². The minimum Gasteiger partial charge on any atom is -0.476 e. The van der Waals surface area contributed by atoms with Crippen LogP contribution in [0.5, 0.6) is 0 Å². The van der Waals surface area contributed by atoms with Crippen LogP contribution in [0.15, 0.2) is 28.9 Å². The van der Waals surface area contributed by atoms with Gasteiger partial charge in [0.05, 0.1) is 11.2 Å². The molecule has 0 atom stereocenters. The number of carbonyl (C=O) groups is 1. The highest BCUT2D eigenvalue weighted by atomic mass is 79.9. The van der Waals surface area contributed by atoms with Crippen LogP contribution in [0.2, 0.25) is 5.02 Å². The highest BCUT2D eigenvalue weighted by Gasteiger charge is 2.14. The van der Waals surface area contributed by atoms with Crippen LogP contribution < -0.4 is 0 Å². The number of benzene rings is 1. The molecular formula is C12H8BrClN2O2. The Hall–Kier alpha value is -1.46. The van der Waals surface area contributed by atoms with Gasteiger partial charge in [-0.25, -0.2) is 14.8 Å². The van der Waals surface area contributed by atoms with Crippen molar-refractivity contribution in [1.29, 1.82) is 0 Å². The molecule has 1 aromatic heterocycles. The molecule has 1 heterocycles. The van der Waals surface area contributed by atoms with Crippen LogP contribution in [0.4, 0.5) is 0 Å². The lowest BCUT2D eigenvalue weighted by Crippen LogP contribution is -2.04. The number of carboxylic acids is 1. The van der Waals surface area contributed by atoms with Crippen molar-refractivity contribution >= 4 is 33.5 Å². The van der Waals surface area contributed by atoms with Gasteiger partial charge in [-0.3, -0.25) is 0 Å². The highest BCUT2D eigenvalue weighted by Crippen LogP contribution is 2.27. The minimum atomic E-state index is -1.17. The topological polar surface area (TPSA) is 63.1 Å². The zero-order valence-electron chi connectivity index (χ0n) is 9.32. The van der Waals surface area contributed by atoms with Crippen molar-refractivity contribution in [3.8, 4) is 11.4 Å². The Balaban J connectivity index is 2.58. The molecule has 0 bridgehead atoms. The van der Waals surface area contributed by atoms with E-state index in [1.165, 1.54) is 6.20 Å². The van der Waals surface area contributed by atoms with Crippen molar-refractivity contribution < 1.29 is 9.90 Å². The molecule has 0 aliphatic carbocycles. The Morgan fingerprint density at radius 2 is 2.17 bits per heavy atom. The van der Waals surface area contributed by atoms with E-state index < -0.39 is 5.97 Å². The zero-order chi connectivity index (χ0) is 13.3. The molecule has 0 aliphatic rings. The van der Waals surface area contributed by atoms with Crippen molar-refractivity contribution in [3.05, 3.63) is 45.1 Å². The van der Waals surface area contributed by atoms with Crippen LogP contribution in [0.25, 0.3) is 11.4 Å². The molecule has 0 spiro atoms. The third-order valence-electron chi connectivity index (χ3n) is 2.31. The molecule has 6 heteroatoms. The summed E-state index contributed by atoms with van der Waals surface area (Å²) in [4.78, 5) is 19.0. The summed E-state index contributed by atoms with van der Waals surface area (Å²) in [5.74, 6) is -0.851. The van der Waals surface area contributed by atoms with Gasteiger partial charge >= 0.3 is 5.97 Å². The molecule has 0 radical (unpaired) electrons. The number of aryl methyl sites for hydroxylation is 1. The smallest absolute Gasteiger partial charge is 0.356 e. The third kappa shape index (κ3) is 2.52.